The molecule has 0 spiro atoms. The van der Waals surface area contributed by atoms with Crippen molar-refractivity contribution in [3.63, 3.8) is 0 Å². The van der Waals surface area contributed by atoms with E-state index in [4.69, 9.17) is 9.47 Å². The summed E-state index contributed by atoms with van der Waals surface area (Å²) in [5, 5.41) is 2.33. The van der Waals surface area contributed by atoms with Crippen molar-refractivity contribution in [2.24, 2.45) is 0 Å². The fraction of sp³-hybridized carbons (Fsp3) is 0.667. The van der Waals surface area contributed by atoms with Gasteiger partial charge in [0.2, 0.25) is 0 Å². The number of hydrogen-bond donors (Lipinski definition) is 0. The molecule has 0 saturated heterocycles. The molecule has 34 heavy (non-hydrogen) atoms. The Hall–Kier alpha value is -0.740. The van der Waals surface area contributed by atoms with E-state index in [0.29, 0.717) is 0 Å². The molecule has 0 aliphatic carbocycles. The molecule has 2 aromatic rings. The largest absolute Gasteiger partial charge is 0.490 e. The van der Waals surface area contributed by atoms with Crippen LogP contribution < -0.4 is 9.47 Å². The van der Waals surface area contributed by atoms with Gasteiger partial charge < -0.3 is 9.47 Å². The van der Waals surface area contributed by atoms with Gasteiger partial charge in [-0.15, -0.1) is 0 Å². The summed E-state index contributed by atoms with van der Waals surface area (Å²) in [7, 11) is 0. The Morgan fingerprint density at radius 2 is 0.794 bits per heavy atom. The minimum atomic E-state index is 0.756. The van der Waals surface area contributed by atoms with Crippen molar-refractivity contribution in [2.75, 3.05) is 13.2 Å². The molecule has 2 nitrogen and oxygen atoms in total. The van der Waals surface area contributed by atoms with Crippen molar-refractivity contribution >= 4 is 42.6 Å². The van der Waals surface area contributed by atoms with Gasteiger partial charge in [-0.05, 0) is 79.7 Å². The quantitative estimate of drug-likeness (QED) is 0.141. The van der Waals surface area contributed by atoms with Crippen molar-refractivity contribution < 1.29 is 9.47 Å². The summed E-state index contributed by atoms with van der Waals surface area (Å²) < 4.78 is 14.6. The first-order valence-corrected chi connectivity index (χ1v) is 15.4. The van der Waals surface area contributed by atoms with Gasteiger partial charge in [0.25, 0.3) is 0 Å². The molecule has 0 saturated carbocycles. The van der Waals surface area contributed by atoms with Crippen molar-refractivity contribution in [3.8, 4) is 11.5 Å². The zero-order valence-corrected chi connectivity index (χ0v) is 24.8. The van der Waals surface area contributed by atoms with Gasteiger partial charge in [0.15, 0.2) is 11.5 Å². The van der Waals surface area contributed by atoms with E-state index < -0.39 is 0 Å². The summed E-state index contributed by atoms with van der Waals surface area (Å²) in [6.45, 7) is 6.06. The standard InChI is InChI=1S/C30H46Br2O2/c1-3-5-7-9-11-13-15-17-19-33-29-23-25-21-27(31)28(32)22-26(25)24-30(29)34-20-18-16-14-12-10-8-6-4-2/h21-24H,3-20H2,1-2H3. The fourth-order valence-corrected chi connectivity index (χ4v) is 5.04. The summed E-state index contributed by atoms with van der Waals surface area (Å²) >= 11 is 7.26. The van der Waals surface area contributed by atoms with E-state index in [2.05, 4.69) is 70.0 Å². The number of halogens is 2. The number of unbranched alkanes of at least 4 members (excludes halogenated alkanes) is 14. The van der Waals surface area contributed by atoms with E-state index in [1.165, 1.54) is 101 Å². The number of hydrogen-bond acceptors (Lipinski definition) is 2. The SMILES string of the molecule is CCCCCCCCCCOc1cc2cc(Br)c(Br)cc2cc1OCCCCCCCCCC. The van der Waals surface area contributed by atoms with Crippen molar-refractivity contribution in [2.45, 2.75) is 117 Å². The van der Waals surface area contributed by atoms with Crippen LogP contribution in [-0.2, 0) is 0 Å². The molecule has 0 bridgehead atoms. The maximum Gasteiger partial charge on any atom is 0.161 e. The van der Waals surface area contributed by atoms with Crippen molar-refractivity contribution in [1.29, 1.82) is 0 Å². The number of fused-ring (bicyclic) bond motifs is 1. The molecule has 0 aromatic heterocycles. The Morgan fingerprint density at radius 1 is 0.471 bits per heavy atom. The lowest BCUT2D eigenvalue weighted by atomic mass is 10.1. The van der Waals surface area contributed by atoms with Gasteiger partial charge in [-0.25, -0.2) is 0 Å². The van der Waals surface area contributed by atoms with Gasteiger partial charge in [0.05, 0.1) is 13.2 Å². The fourth-order valence-electron chi connectivity index (χ4n) is 4.31. The molecule has 0 N–H and O–H groups in total. The predicted octanol–water partition coefficient (Wildman–Crippen LogP) is 11.4. The minimum Gasteiger partial charge on any atom is -0.490 e. The molecule has 0 amide bonds. The lowest BCUT2D eigenvalue weighted by Crippen LogP contribution is -2.03. The highest BCUT2D eigenvalue weighted by Crippen LogP contribution is 2.37. The Bertz CT molecular complexity index is 739. The third-order valence-electron chi connectivity index (χ3n) is 6.45. The van der Waals surface area contributed by atoms with Gasteiger partial charge in [0, 0.05) is 8.95 Å². The van der Waals surface area contributed by atoms with Gasteiger partial charge in [-0.3, -0.25) is 0 Å². The van der Waals surface area contributed by atoms with Crippen LogP contribution in [0, 0.1) is 0 Å². The normalized spacial score (nSPS) is 11.3. The maximum atomic E-state index is 6.24. The van der Waals surface area contributed by atoms with Gasteiger partial charge in [0.1, 0.15) is 0 Å². The summed E-state index contributed by atoms with van der Waals surface area (Å²) in [5.74, 6) is 1.76. The Morgan fingerprint density at radius 3 is 1.15 bits per heavy atom. The van der Waals surface area contributed by atoms with E-state index in [9.17, 15) is 0 Å². The highest BCUT2D eigenvalue weighted by molar-refractivity contribution is 9.13. The maximum absolute atomic E-state index is 6.24. The van der Waals surface area contributed by atoms with Crippen LogP contribution in [0.25, 0.3) is 10.8 Å². The van der Waals surface area contributed by atoms with Crippen molar-refractivity contribution in [1.82, 2.24) is 0 Å². The van der Waals surface area contributed by atoms with Crippen molar-refractivity contribution in [3.05, 3.63) is 33.2 Å². The first kappa shape index (κ1) is 29.5. The van der Waals surface area contributed by atoms with Crippen LogP contribution in [0.1, 0.15) is 117 Å². The molecule has 0 atom stereocenters. The smallest absolute Gasteiger partial charge is 0.161 e. The van der Waals surface area contributed by atoms with Crippen LogP contribution in [0.5, 0.6) is 11.5 Å². The van der Waals surface area contributed by atoms with Gasteiger partial charge >= 0.3 is 0 Å². The van der Waals surface area contributed by atoms with Crippen LogP contribution >= 0.6 is 31.9 Å². The van der Waals surface area contributed by atoms with Crippen LogP contribution in [-0.4, -0.2) is 13.2 Å². The molecule has 0 fully saturated rings. The first-order chi connectivity index (χ1) is 16.7. The molecule has 0 aliphatic heterocycles. The molecule has 4 heteroatoms. The molecular weight excluding hydrogens is 552 g/mol. The highest BCUT2D eigenvalue weighted by Gasteiger charge is 2.10. The van der Waals surface area contributed by atoms with Gasteiger partial charge in [-0.1, -0.05) is 104 Å². The second kappa shape index (κ2) is 18.5. The highest BCUT2D eigenvalue weighted by atomic mass is 79.9. The Balaban J connectivity index is 1.83. The number of rotatable bonds is 20. The lowest BCUT2D eigenvalue weighted by molar-refractivity contribution is 0.259. The van der Waals surface area contributed by atoms with E-state index in [-0.39, 0.29) is 0 Å². The second-order valence-electron chi connectivity index (χ2n) is 9.56. The molecule has 0 unspecified atom stereocenters. The first-order valence-electron chi connectivity index (χ1n) is 13.8. The van der Waals surface area contributed by atoms with E-state index in [1.54, 1.807) is 0 Å². The zero-order valence-electron chi connectivity index (χ0n) is 21.6. The second-order valence-corrected chi connectivity index (χ2v) is 11.3. The van der Waals surface area contributed by atoms with Gasteiger partial charge in [-0.2, -0.15) is 0 Å². The van der Waals surface area contributed by atoms with Crippen LogP contribution in [0.4, 0.5) is 0 Å². The number of ether oxygens (including phenoxy) is 2. The third-order valence-corrected chi connectivity index (χ3v) is 8.30. The molecule has 0 heterocycles. The average molecular weight is 599 g/mol. The molecule has 192 valence electrons. The molecule has 2 aromatic carbocycles. The lowest BCUT2D eigenvalue weighted by Gasteiger charge is -2.15. The van der Waals surface area contributed by atoms with E-state index in [1.807, 2.05) is 0 Å². The minimum absolute atomic E-state index is 0.756. The number of benzene rings is 2. The zero-order chi connectivity index (χ0) is 24.4. The summed E-state index contributed by atoms with van der Waals surface area (Å²) in [5.41, 5.74) is 0. The average Bonchev–Trinajstić information content (AvgIpc) is 2.83. The monoisotopic (exact) mass is 596 g/mol. The Kier molecular flexibility index (Phi) is 16.1. The third kappa shape index (κ3) is 11.8. The Labute approximate surface area is 225 Å². The predicted molar refractivity (Wildman–Crippen MR) is 156 cm³/mol. The molecule has 0 aliphatic rings. The van der Waals surface area contributed by atoms with E-state index >= 15 is 0 Å². The van der Waals surface area contributed by atoms with Crippen LogP contribution in [0.3, 0.4) is 0 Å². The van der Waals surface area contributed by atoms with Crippen LogP contribution in [0.2, 0.25) is 0 Å². The summed E-state index contributed by atoms with van der Waals surface area (Å²) in [6.07, 6.45) is 20.9. The molecule has 0 radical (unpaired) electrons. The summed E-state index contributed by atoms with van der Waals surface area (Å²) in [4.78, 5) is 0. The summed E-state index contributed by atoms with van der Waals surface area (Å²) in [6, 6.07) is 8.57. The topological polar surface area (TPSA) is 18.5 Å². The molecular formula is C30H46Br2O2. The molecule has 2 rings (SSSR count). The van der Waals surface area contributed by atoms with E-state index in [0.717, 1.165) is 46.5 Å². The van der Waals surface area contributed by atoms with Crippen LogP contribution in [0.15, 0.2) is 33.2 Å².